The molecule has 2 atom stereocenters. The van der Waals surface area contributed by atoms with Crippen LogP contribution in [0, 0.1) is 0 Å². The van der Waals surface area contributed by atoms with Crippen molar-refractivity contribution >= 4 is 11.6 Å². The number of hydrogen-bond donors (Lipinski definition) is 1. The number of aliphatic hydroxyl groups is 1. The van der Waals surface area contributed by atoms with E-state index in [0.717, 1.165) is 25.0 Å². The molecule has 2 unspecified atom stereocenters. The monoisotopic (exact) mass is 211 g/mol. The van der Waals surface area contributed by atoms with Crippen LogP contribution in [-0.4, -0.2) is 16.2 Å². The van der Waals surface area contributed by atoms with Crippen molar-refractivity contribution in [3.05, 3.63) is 29.0 Å². The zero-order valence-corrected chi connectivity index (χ0v) is 8.74. The standard InChI is InChI=1S/C11H14ClNO/c12-8-5-6-10(13-7-8)9-3-1-2-4-11(9)14/h5-7,9,11,14H,1-4H2. The summed E-state index contributed by atoms with van der Waals surface area (Å²) in [6.45, 7) is 0. The Labute approximate surface area is 88.9 Å². The zero-order chi connectivity index (χ0) is 9.97. The van der Waals surface area contributed by atoms with Gasteiger partial charge in [-0.1, -0.05) is 24.4 Å². The second-order valence-electron chi connectivity index (χ2n) is 3.86. The first kappa shape index (κ1) is 9.94. The lowest BCUT2D eigenvalue weighted by Gasteiger charge is -2.26. The van der Waals surface area contributed by atoms with Crippen LogP contribution in [0.15, 0.2) is 18.3 Å². The third kappa shape index (κ3) is 2.07. The summed E-state index contributed by atoms with van der Waals surface area (Å²) in [5.74, 6) is 0.209. The minimum absolute atomic E-state index is 0.209. The molecular weight excluding hydrogens is 198 g/mol. The number of aliphatic hydroxyl groups excluding tert-OH is 1. The SMILES string of the molecule is OC1CCCCC1c1ccc(Cl)cn1. The molecule has 14 heavy (non-hydrogen) atoms. The highest BCUT2D eigenvalue weighted by molar-refractivity contribution is 6.30. The fourth-order valence-electron chi connectivity index (χ4n) is 2.06. The molecule has 1 heterocycles. The Morgan fingerprint density at radius 1 is 1.29 bits per heavy atom. The Morgan fingerprint density at radius 2 is 2.07 bits per heavy atom. The van der Waals surface area contributed by atoms with E-state index in [0.29, 0.717) is 5.02 Å². The van der Waals surface area contributed by atoms with Gasteiger partial charge in [-0.25, -0.2) is 0 Å². The van der Waals surface area contributed by atoms with Crippen molar-refractivity contribution < 1.29 is 5.11 Å². The summed E-state index contributed by atoms with van der Waals surface area (Å²) in [5, 5.41) is 10.5. The van der Waals surface area contributed by atoms with Gasteiger partial charge in [0.2, 0.25) is 0 Å². The average Bonchev–Trinajstić information content (AvgIpc) is 2.20. The van der Waals surface area contributed by atoms with Crippen molar-refractivity contribution in [2.45, 2.75) is 37.7 Å². The minimum Gasteiger partial charge on any atom is -0.392 e. The van der Waals surface area contributed by atoms with E-state index in [1.54, 1.807) is 6.20 Å². The molecule has 1 fully saturated rings. The van der Waals surface area contributed by atoms with E-state index in [-0.39, 0.29) is 12.0 Å². The molecule has 0 aromatic carbocycles. The quantitative estimate of drug-likeness (QED) is 0.775. The molecule has 2 nitrogen and oxygen atoms in total. The number of pyridine rings is 1. The van der Waals surface area contributed by atoms with Gasteiger partial charge in [0.05, 0.1) is 11.1 Å². The van der Waals surface area contributed by atoms with Gasteiger partial charge in [-0.05, 0) is 25.0 Å². The molecule has 3 heteroatoms. The van der Waals surface area contributed by atoms with Gasteiger partial charge < -0.3 is 5.11 Å². The predicted octanol–water partition coefficient (Wildman–Crippen LogP) is 2.75. The van der Waals surface area contributed by atoms with Gasteiger partial charge in [-0.2, -0.15) is 0 Å². The van der Waals surface area contributed by atoms with E-state index >= 15 is 0 Å². The van der Waals surface area contributed by atoms with Crippen molar-refractivity contribution in [1.29, 1.82) is 0 Å². The summed E-state index contributed by atoms with van der Waals surface area (Å²) >= 11 is 5.76. The van der Waals surface area contributed by atoms with E-state index in [1.165, 1.54) is 6.42 Å². The predicted molar refractivity (Wildman–Crippen MR) is 56.5 cm³/mol. The first-order valence-corrected chi connectivity index (χ1v) is 5.44. The molecule has 1 N–H and O–H groups in total. The Balaban J connectivity index is 2.16. The minimum atomic E-state index is -0.225. The van der Waals surface area contributed by atoms with Crippen LogP contribution >= 0.6 is 11.6 Å². The summed E-state index contributed by atoms with van der Waals surface area (Å²) < 4.78 is 0. The Bertz CT molecular complexity index is 299. The largest absolute Gasteiger partial charge is 0.392 e. The molecule has 0 spiro atoms. The molecule has 76 valence electrons. The first-order chi connectivity index (χ1) is 6.77. The topological polar surface area (TPSA) is 33.1 Å². The molecule has 1 aliphatic rings. The second kappa shape index (κ2) is 4.28. The van der Waals surface area contributed by atoms with Crippen molar-refractivity contribution in [3.8, 4) is 0 Å². The molecule has 1 aliphatic carbocycles. The maximum absolute atomic E-state index is 9.82. The second-order valence-corrected chi connectivity index (χ2v) is 4.30. The van der Waals surface area contributed by atoms with Crippen LogP contribution in [0.1, 0.15) is 37.3 Å². The molecule has 0 radical (unpaired) electrons. The van der Waals surface area contributed by atoms with Crippen LogP contribution < -0.4 is 0 Å². The van der Waals surface area contributed by atoms with Crippen LogP contribution in [0.4, 0.5) is 0 Å². The van der Waals surface area contributed by atoms with Crippen LogP contribution in [0.3, 0.4) is 0 Å². The highest BCUT2D eigenvalue weighted by Gasteiger charge is 2.25. The lowest BCUT2D eigenvalue weighted by Crippen LogP contribution is -2.23. The van der Waals surface area contributed by atoms with Crippen molar-refractivity contribution in [3.63, 3.8) is 0 Å². The van der Waals surface area contributed by atoms with Crippen molar-refractivity contribution in [2.75, 3.05) is 0 Å². The molecule has 1 aromatic heterocycles. The number of aromatic nitrogens is 1. The fourth-order valence-corrected chi connectivity index (χ4v) is 2.17. The Kier molecular flexibility index (Phi) is 3.04. The van der Waals surface area contributed by atoms with Gasteiger partial charge in [0.15, 0.2) is 0 Å². The van der Waals surface area contributed by atoms with E-state index in [4.69, 9.17) is 11.6 Å². The molecular formula is C11H14ClNO. The number of nitrogens with zero attached hydrogens (tertiary/aromatic N) is 1. The maximum atomic E-state index is 9.82. The molecule has 0 amide bonds. The number of halogens is 1. The zero-order valence-electron chi connectivity index (χ0n) is 7.99. The fraction of sp³-hybridized carbons (Fsp3) is 0.545. The van der Waals surface area contributed by atoms with E-state index in [9.17, 15) is 5.11 Å². The van der Waals surface area contributed by atoms with Crippen LogP contribution in [0.25, 0.3) is 0 Å². The molecule has 0 bridgehead atoms. The third-order valence-electron chi connectivity index (χ3n) is 2.86. The van der Waals surface area contributed by atoms with Crippen molar-refractivity contribution in [1.82, 2.24) is 4.98 Å². The highest BCUT2D eigenvalue weighted by Crippen LogP contribution is 2.32. The third-order valence-corrected chi connectivity index (χ3v) is 3.08. The average molecular weight is 212 g/mol. The smallest absolute Gasteiger partial charge is 0.0623 e. The highest BCUT2D eigenvalue weighted by atomic mass is 35.5. The molecule has 2 rings (SSSR count). The van der Waals surface area contributed by atoms with E-state index in [1.807, 2.05) is 12.1 Å². The maximum Gasteiger partial charge on any atom is 0.0623 e. The van der Waals surface area contributed by atoms with Gasteiger partial charge in [0.1, 0.15) is 0 Å². The van der Waals surface area contributed by atoms with Gasteiger partial charge in [0, 0.05) is 17.8 Å². The Hall–Kier alpha value is -0.600. The van der Waals surface area contributed by atoms with Gasteiger partial charge in [-0.3, -0.25) is 4.98 Å². The summed E-state index contributed by atoms with van der Waals surface area (Å²) in [5.41, 5.74) is 0.974. The molecule has 1 saturated carbocycles. The van der Waals surface area contributed by atoms with E-state index in [2.05, 4.69) is 4.98 Å². The summed E-state index contributed by atoms with van der Waals surface area (Å²) in [4.78, 5) is 4.26. The van der Waals surface area contributed by atoms with Crippen LogP contribution in [0.2, 0.25) is 5.02 Å². The van der Waals surface area contributed by atoms with Crippen LogP contribution in [-0.2, 0) is 0 Å². The van der Waals surface area contributed by atoms with Crippen LogP contribution in [0.5, 0.6) is 0 Å². The molecule has 0 aliphatic heterocycles. The van der Waals surface area contributed by atoms with E-state index < -0.39 is 0 Å². The first-order valence-electron chi connectivity index (χ1n) is 5.07. The van der Waals surface area contributed by atoms with Crippen molar-refractivity contribution in [2.24, 2.45) is 0 Å². The summed E-state index contributed by atoms with van der Waals surface area (Å²) in [6, 6.07) is 3.76. The number of hydrogen-bond acceptors (Lipinski definition) is 2. The lowest BCUT2D eigenvalue weighted by atomic mass is 9.84. The molecule has 0 saturated heterocycles. The summed E-state index contributed by atoms with van der Waals surface area (Å²) in [7, 11) is 0. The lowest BCUT2D eigenvalue weighted by molar-refractivity contribution is 0.104. The normalized spacial score (nSPS) is 27.6. The summed E-state index contributed by atoms with van der Waals surface area (Å²) in [6.07, 6.45) is 5.68. The Morgan fingerprint density at radius 3 is 2.71 bits per heavy atom. The molecule has 1 aromatic rings. The van der Waals surface area contributed by atoms with Gasteiger partial charge in [-0.15, -0.1) is 0 Å². The number of rotatable bonds is 1. The van der Waals surface area contributed by atoms with Gasteiger partial charge >= 0.3 is 0 Å². The van der Waals surface area contributed by atoms with Gasteiger partial charge in [0.25, 0.3) is 0 Å².